The Balaban J connectivity index is 2.37. The highest BCUT2D eigenvalue weighted by atomic mass is 16.6. The first-order valence-corrected chi connectivity index (χ1v) is 7.33. The van der Waals surface area contributed by atoms with Gasteiger partial charge in [-0.1, -0.05) is 6.92 Å². The van der Waals surface area contributed by atoms with Crippen LogP contribution in [0.5, 0.6) is 0 Å². The molecule has 2 aliphatic rings. The molecule has 1 fully saturated rings. The fraction of sp³-hybridized carbons (Fsp3) is 0.643. The number of hydrogen-bond acceptors (Lipinski definition) is 10. The number of nitrogens with two attached hydrogens (primary N) is 1. The van der Waals surface area contributed by atoms with Crippen LogP contribution in [0.4, 0.5) is 0 Å². The van der Waals surface area contributed by atoms with Gasteiger partial charge in [0.15, 0.2) is 0 Å². The summed E-state index contributed by atoms with van der Waals surface area (Å²) in [6.07, 6.45) is -3.26. The Morgan fingerprint density at radius 1 is 1.62 bits per heavy atom. The fourth-order valence-electron chi connectivity index (χ4n) is 2.88. The Morgan fingerprint density at radius 2 is 2.29 bits per heavy atom. The van der Waals surface area contributed by atoms with Gasteiger partial charge in [0.25, 0.3) is 5.72 Å². The van der Waals surface area contributed by atoms with Crippen molar-refractivity contribution in [1.29, 1.82) is 5.26 Å². The predicted octanol–water partition coefficient (Wildman–Crippen LogP) is -2.01. The van der Waals surface area contributed by atoms with Gasteiger partial charge in [0.1, 0.15) is 30.2 Å². The van der Waals surface area contributed by atoms with Crippen molar-refractivity contribution in [3.63, 3.8) is 0 Å². The number of carbonyl (C=O) groups is 1. The summed E-state index contributed by atoms with van der Waals surface area (Å²) < 4.78 is 10.3. The molecule has 1 saturated heterocycles. The molecule has 0 radical (unpaired) electrons. The number of methoxy groups -OCH3 is 1. The first-order valence-electron chi connectivity index (χ1n) is 7.33. The van der Waals surface area contributed by atoms with E-state index in [1.54, 1.807) is 13.0 Å². The number of aliphatic imine (C=N–C) groups is 1. The van der Waals surface area contributed by atoms with E-state index in [2.05, 4.69) is 9.73 Å². The SMILES string of the molecule is CCC(C(=O)OC)[C@H]1O[C@@](C#N)(N2C=CC(N)=NC2O)[C@@H](O)[C@@H]1O. The lowest BCUT2D eigenvalue weighted by molar-refractivity contribution is -0.183. The van der Waals surface area contributed by atoms with Crippen LogP contribution >= 0.6 is 0 Å². The largest absolute Gasteiger partial charge is 0.469 e. The number of hydrogen-bond donors (Lipinski definition) is 4. The van der Waals surface area contributed by atoms with Crippen LogP contribution in [0.2, 0.25) is 0 Å². The van der Waals surface area contributed by atoms with Gasteiger partial charge in [0.05, 0.1) is 13.0 Å². The Hall–Kier alpha value is -2.19. The number of esters is 1. The van der Waals surface area contributed by atoms with E-state index in [1.165, 1.54) is 19.4 Å². The molecule has 5 N–H and O–H groups in total. The summed E-state index contributed by atoms with van der Waals surface area (Å²) in [5, 5.41) is 40.3. The van der Waals surface area contributed by atoms with Crippen LogP contribution in [-0.4, -0.2) is 69.5 Å². The van der Waals surface area contributed by atoms with Gasteiger partial charge in [-0.25, -0.2) is 4.99 Å². The molecule has 6 atom stereocenters. The number of aliphatic hydroxyl groups is 3. The molecule has 0 saturated carbocycles. The zero-order valence-electron chi connectivity index (χ0n) is 13.2. The van der Waals surface area contributed by atoms with Gasteiger partial charge >= 0.3 is 5.97 Å². The molecule has 0 aromatic heterocycles. The van der Waals surface area contributed by atoms with Crippen LogP contribution in [0.15, 0.2) is 17.3 Å². The zero-order chi connectivity index (χ0) is 18.1. The molecule has 0 aromatic rings. The lowest BCUT2D eigenvalue weighted by atomic mass is 9.93. The molecule has 2 heterocycles. The normalized spacial score (nSPS) is 36.8. The average molecular weight is 340 g/mol. The van der Waals surface area contributed by atoms with E-state index in [0.29, 0.717) is 0 Å². The average Bonchev–Trinajstić information content (AvgIpc) is 2.81. The quantitative estimate of drug-likeness (QED) is 0.423. The number of ether oxygens (including phenoxy) is 2. The van der Waals surface area contributed by atoms with E-state index in [9.17, 15) is 25.4 Å². The van der Waals surface area contributed by atoms with Crippen molar-refractivity contribution in [2.24, 2.45) is 16.6 Å². The third-order valence-corrected chi connectivity index (χ3v) is 4.18. The number of nitrogens with zero attached hydrogens (tertiary/aromatic N) is 3. The number of aliphatic hydroxyl groups excluding tert-OH is 3. The third-order valence-electron chi connectivity index (χ3n) is 4.18. The lowest BCUT2D eigenvalue weighted by Crippen LogP contribution is -2.58. The van der Waals surface area contributed by atoms with Gasteiger partial charge in [-0.3, -0.25) is 9.69 Å². The second-order valence-electron chi connectivity index (χ2n) is 5.49. The molecule has 10 nitrogen and oxygen atoms in total. The topological polar surface area (TPSA) is 162 Å². The van der Waals surface area contributed by atoms with Crippen LogP contribution in [0.1, 0.15) is 13.3 Å². The Morgan fingerprint density at radius 3 is 2.79 bits per heavy atom. The summed E-state index contributed by atoms with van der Waals surface area (Å²) in [6, 6.07) is 1.76. The molecule has 0 aliphatic carbocycles. The monoisotopic (exact) mass is 340 g/mol. The van der Waals surface area contributed by atoms with E-state index in [-0.39, 0.29) is 12.3 Å². The Labute approximate surface area is 138 Å². The van der Waals surface area contributed by atoms with E-state index >= 15 is 0 Å². The van der Waals surface area contributed by atoms with Crippen molar-refractivity contribution in [2.75, 3.05) is 7.11 Å². The number of amidine groups is 1. The van der Waals surface area contributed by atoms with Crippen molar-refractivity contribution in [3.05, 3.63) is 12.3 Å². The summed E-state index contributed by atoms with van der Waals surface area (Å²) in [5.74, 6) is -1.51. The minimum Gasteiger partial charge on any atom is -0.469 e. The summed E-state index contributed by atoms with van der Waals surface area (Å²) in [5.41, 5.74) is 3.33. The maximum atomic E-state index is 11.9. The van der Waals surface area contributed by atoms with E-state index in [4.69, 9.17) is 10.5 Å². The smallest absolute Gasteiger partial charge is 0.311 e. The maximum Gasteiger partial charge on any atom is 0.311 e. The van der Waals surface area contributed by atoms with E-state index < -0.39 is 42.3 Å². The van der Waals surface area contributed by atoms with Crippen LogP contribution in [-0.2, 0) is 14.3 Å². The molecular formula is C14H20N4O6. The first-order chi connectivity index (χ1) is 11.3. The summed E-state index contributed by atoms with van der Waals surface area (Å²) in [4.78, 5) is 16.5. The van der Waals surface area contributed by atoms with Crippen molar-refractivity contribution in [1.82, 2.24) is 4.90 Å². The van der Waals surface area contributed by atoms with Crippen LogP contribution in [0.25, 0.3) is 0 Å². The van der Waals surface area contributed by atoms with Gasteiger partial charge in [-0.05, 0) is 12.5 Å². The second kappa shape index (κ2) is 6.74. The molecule has 0 spiro atoms. The van der Waals surface area contributed by atoms with Crippen molar-refractivity contribution >= 4 is 11.8 Å². The molecular weight excluding hydrogens is 320 g/mol. The maximum absolute atomic E-state index is 11.9. The third kappa shape index (κ3) is 2.71. The van der Waals surface area contributed by atoms with Crippen LogP contribution in [0.3, 0.4) is 0 Å². The van der Waals surface area contributed by atoms with Gasteiger partial charge in [0, 0.05) is 6.20 Å². The highest BCUT2D eigenvalue weighted by Crippen LogP contribution is 2.39. The lowest BCUT2D eigenvalue weighted by Gasteiger charge is -2.39. The van der Waals surface area contributed by atoms with Crippen molar-refractivity contribution in [3.8, 4) is 6.07 Å². The Kier molecular flexibility index (Phi) is 5.10. The zero-order valence-corrected chi connectivity index (χ0v) is 13.2. The second-order valence-corrected chi connectivity index (χ2v) is 5.49. The van der Waals surface area contributed by atoms with Gasteiger partial charge in [0.2, 0.25) is 6.35 Å². The number of carbonyl (C=O) groups excluding carboxylic acids is 1. The molecule has 10 heteroatoms. The predicted molar refractivity (Wildman–Crippen MR) is 79.6 cm³/mol. The molecule has 24 heavy (non-hydrogen) atoms. The number of nitriles is 1. The molecule has 0 bridgehead atoms. The van der Waals surface area contributed by atoms with Crippen molar-refractivity contribution < 1.29 is 29.6 Å². The van der Waals surface area contributed by atoms with E-state index in [1.807, 2.05) is 0 Å². The van der Waals surface area contributed by atoms with Gasteiger partial charge in [-0.2, -0.15) is 5.26 Å². The summed E-state index contributed by atoms with van der Waals surface area (Å²) in [6.45, 7) is 1.68. The molecule has 0 aromatic carbocycles. The molecule has 0 amide bonds. The van der Waals surface area contributed by atoms with Crippen molar-refractivity contribution in [2.45, 2.75) is 43.7 Å². The first kappa shape index (κ1) is 18.2. The highest BCUT2D eigenvalue weighted by Gasteiger charge is 2.61. The van der Waals surface area contributed by atoms with Gasteiger partial charge in [-0.15, -0.1) is 0 Å². The van der Waals surface area contributed by atoms with Crippen LogP contribution < -0.4 is 5.73 Å². The highest BCUT2D eigenvalue weighted by molar-refractivity contribution is 5.91. The summed E-state index contributed by atoms with van der Waals surface area (Å²) in [7, 11) is 1.19. The summed E-state index contributed by atoms with van der Waals surface area (Å²) >= 11 is 0. The molecule has 132 valence electrons. The van der Waals surface area contributed by atoms with Crippen LogP contribution in [0, 0.1) is 17.2 Å². The number of rotatable bonds is 4. The fourth-order valence-corrected chi connectivity index (χ4v) is 2.88. The molecule has 2 aliphatic heterocycles. The standard InChI is InChI=1S/C14H20N4O6/c1-3-7(12(21)23-2)10-9(19)11(20)14(6-15,24-10)18-5-4-8(16)17-13(18)22/h4-5,7,9-11,13,19-20,22H,3H2,1-2H3,(H2,16,17)/t7?,9-,10-,11+,13?,14-/m1/s1. The van der Waals surface area contributed by atoms with Gasteiger partial charge < -0.3 is 30.5 Å². The van der Waals surface area contributed by atoms with E-state index in [0.717, 1.165) is 4.90 Å². The Bertz CT molecular complexity index is 603. The molecule has 2 rings (SSSR count). The minimum atomic E-state index is -2.13. The molecule has 2 unspecified atom stereocenters. The minimum absolute atomic E-state index is 0.0254.